The first-order chi connectivity index (χ1) is 20.0. The third-order valence-electron chi connectivity index (χ3n) is 6.18. The second-order valence-electron chi connectivity index (χ2n) is 9.60. The van der Waals surface area contributed by atoms with E-state index >= 15 is 0 Å². The zero-order chi connectivity index (χ0) is 31.1. The van der Waals surface area contributed by atoms with Gasteiger partial charge in [0.25, 0.3) is 0 Å². The number of aliphatic hydroxyl groups is 1. The molecule has 1 fully saturated rings. The lowest BCUT2D eigenvalue weighted by atomic mass is 9.96. The van der Waals surface area contributed by atoms with Crippen molar-refractivity contribution in [2.75, 3.05) is 24.7 Å². The van der Waals surface area contributed by atoms with Gasteiger partial charge in [-0.3, -0.25) is 18.9 Å². The summed E-state index contributed by atoms with van der Waals surface area (Å²) in [6, 6.07) is 6.42. The summed E-state index contributed by atoms with van der Waals surface area (Å²) >= 11 is 0. The Labute approximate surface area is 247 Å². The molecule has 12 nitrogen and oxygen atoms in total. The molecule has 1 aromatic carbocycles. The van der Waals surface area contributed by atoms with Crippen LogP contribution in [0, 0.1) is 12.3 Å². The molecular formula is C29H42NO11P. The fraction of sp³-hybridized carbons (Fsp3) is 0.621. The molecule has 234 valence electrons. The predicted octanol–water partition coefficient (Wildman–Crippen LogP) is 4.19. The zero-order valence-corrected chi connectivity index (χ0v) is 25.5. The van der Waals surface area contributed by atoms with Crippen LogP contribution in [0.25, 0.3) is 0 Å². The fourth-order valence-electron chi connectivity index (χ4n) is 4.38. The second kappa shape index (κ2) is 17.9. The van der Waals surface area contributed by atoms with Crippen molar-refractivity contribution < 1.29 is 52.1 Å². The monoisotopic (exact) mass is 611 g/mol. The normalized spacial score (nSPS) is 22.0. The van der Waals surface area contributed by atoms with Gasteiger partial charge in [0.05, 0.1) is 25.5 Å². The molecule has 0 spiro atoms. The number of rotatable bonds is 17. The molecule has 1 aliphatic rings. The quantitative estimate of drug-likeness (QED) is 0.113. The molecule has 0 radical (unpaired) electrons. The van der Waals surface area contributed by atoms with Gasteiger partial charge >= 0.3 is 19.5 Å². The topological polar surface area (TPSA) is 156 Å². The molecule has 2 N–H and O–H groups in total. The van der Waals surface area contributed by atoms with Crippen LogP contribution in [0.5, 0.6) is 5.75 Å². The molecule has 1 saturated heterocycles. The molecule has 13 heteroatoms. The average Bonchev–Trinajstić information content (AvgIpc) is 2.92. The standard InChI is InChI=1S/C29H42NO11P/c1-6-9-10-11-12-13-25(33)30-22-14-16-23(17-15-22)40-29-28(39-21(5)32)27(38-20(4)31)26(34)24(41-29)18-19-42(35,36-7-2)37-8-3/h1,14-17,24,26-29,34H,7-13,18-19H2,2-5H3,(H,30,33)/t24-,26-,27+,28+,29+/m1/s1. The summed E-state index contributed by atoms with van der Waals surface area (Å²) in [6.45, 7) is 5.99. The van der Waals surface area contributed by atoms with E-state index in [1.165, 1.54) is 0 Å². The van der Waals surface area contributed by atoms with Crippen LogP contribution in [0.1, 0.15) is 66.2 Å². The molecule has 0 bridgehead atoms. The molecule has 0 unspecified atom stereocenters. The van der Waals surface area contributed by atoms with Crippen molar-refractivity contribution in [3.63, 3.8) is 0 Å². The molecule has 1 aromatic rings. The Morgan fingerprint density at radius 1 is 1.00 bits per heavy atom. The van der Waals surface area contributed by atoms with Crippen molar-refractivity contribution >= 4 is 31.1 Å². The maximum Gasteiger partial charge on any atom is 0.330 e. The van der Waals surface area contributed by atoms with Crippen LogP contribution >= 0.6 is 7.60 Å². The molecule has 0 aliphatic carbocycles. The van der Waals surface area contributed by atoms with E-state index in [1.54, 1.807) is 38.1 Å². The van der Waals surface area contributed by atoms with Crippen LogP contribution in [-0.4, -0.2) is 73.0 Å². The summed E-state index contributed by atoms with van der Waals surface area (Å²) in [5.41, 5.74) is 0.547. The first-order valence-corrected chi connectivity index (χ1v) is 15.8. The first kappa shape index (κ1) is 35.3. The SMILES string of the molecule is C#CCCCCCC(=O)Nc1ccc(O[C@H]2O[C@H](CCP(=O)(OCC)OCC)[C@@H](O)[C@H](OC(C)=O)[C@@H]2OC(C)=O)cc1. The van der Waals surface area contributed by atoms with Gasteiger partial charge in [0, 0.05) is 32.4 Å². The van der Waals surface area contributed by atoms with Gasteiger partial charge in [0.1, 0.15) is 11.9 Å². The van der Waals surface area contributed by atoms with Gasteiger partial charge in [-0.2, -0.15) is 0 Å². The number of unbranched alkanes of at least 4 members (excludes halogenated alkanes) is 3. The predicted molar refractivity (Wildman–Crippen MR) is 154 cm³/mol. The van der Waals surface area contributed by atoms with Gasteiger partial charge in [-0.25, -0.2) is 0 Å². The Hall–Kier alpha value is -2.94. The number of carbonyl (C=O) groups excluding carboxylic acids is 3. The van der Waals surface area contributed by atoms with Crippen LogP contribution in [0.2, 0.25) is 0 Å². The summed E-state index contributed by atoms with van der Waals surface area (Å²) in [7, 11) is -3.48. The highest BCUT2D eigenvalue weighted by Gasteiger charge is 2.51. The lowest BCUT2D eigenvalue weighted by molar-refractivity contribution is -0.280. The number of terminal acetylenes is 1. The number of hydrogen-bond acceptors (Lipinski definition) is 11. The maximum atomic E-state index is 13.0. The summed E-state index contributed by atoms with van der Waals surface area (Å²) in [6.07, 6.45) is 2.21. The lowest BCUT2D eigenvalue weighted by Gasteiger charge is -2.43. The maximum absolute atomic E-state index is 13.0. The minimum Gasteiger partial charge on any atom is -0.461 e. The van der Waals surface area contributed by atoms with Crippen molar-refractivity contribution in [3.8, 4) is 18.1 Å². The van der Waals surface area contributed by atoms with Gasteiger partial charge < -0.3 is 38.4 Å². The van der Waals surface area contributed by atoms with Crippen LogP contribution in [0.15, 0.2) is 24.3 Å². The smallest absolute Gasteiger partial charge is 0.330 e. The first-order valence-electron chi connectivity index (χ1n) is 14.1. The Bertz CT molecular complexity index is 1090. The largest absolute Gasteiger partial charge is 0.461 e. The molecule has 1 aliphatic heterocycles. The Balaban J connectivity index is 2.18. The van der Waals surface area contributed by atoms with E-state index in [0.717, 1.165) is 33.1 Å². The van der Waals surface area contributed by atoms with Crippen LogP contribution in [-0.2, 0) is 42.2 Å². The van der Waals surface area contributed by atoms with Crippen molar-refractivity contribution in [2.24, 2.45) is 0 Å². The Morgan fingerprint density at radius 2 is 1.62 bits per heavy atom. The molecule has 1 heterocycles. The van der Waals surface area contributed by atoms with Gasteiger partial charge in [0.15, 0.2) is 6.10 Å². The highest BCUT2D eigenvalue weighted by molar-refractivity contribution is 7.53. The highest BCUT2D eigenvalue weighted by atomic mass is 31.2. The minimum absolute atomic E-state index is 0.00341. The van der Waals surface area contributed by atoms with Gasteiger partial charge in [-0.05, 0) is 57.4 Å². The van der Waals surface area contributed by atoms with Crippen molar-refractivity contribution in [1.29, 1.82) is 0 Å². The number of benzene rings is 1. The molecule has 5 atom stereocenters. The zero-order valence-electron chi connectivity index (χ0n) is 24.6. The van der Waals surface area contributed by atoms with E-state index in [-0.39, 0.29) is 37.5 Å². The molecule has 2 rings (SSSR count). The van der Waals surface area contributed by atoms with E-state index in [4.69, 9.17) is 34.4 Å². The van der Waals surface area contributed by atoms with Crippen molar-refractivity contribution in [1.82, 2.24) is 0 Å². The Morgan fingerprint density at radius 3 is 2.19 bits per heavy atom. The van der Waals surface area contributed by atoms with Crippen LogP contribution in [0.4, 0.5) is 5.69 Å². The average molecular weight is 612 g/mol. The number of amides is 1. The third-order valence-corrected chi connectivity index (χ3v) is 8.29. The number of carbonyl (C=O) groups is 3. The van der Waals surface area contributed by atoms with E-state index in [9.17, 15) is 24.1 Å². The molecule has 0 aromatic heterocycles. The number of nitrogens with one attached hydrogen (secondary N) is 1. The second-order valence-corrected chi connectivity index (χ2v) is 11.8. The highest BCUT2D eigenvalue weighted by Crippen LogP contribution is 2.49. The summed E-state index contributed by atoms with van der Waals surface area (Å²) in [5, 5.41) is 13.9. The van der Waals surface area contributed by atoms with Gasteiger partial charge in [0.2, 0.25) is 18.3 Å². The number of esters is 2. The lowest BCUT2D eigenvalue weighted by Crippen LogP contribution is -2.61. The van der Waals surface area contributed by atoms with Crippen LogP contribution < -0.4 is 10.1 Å². The van der Waals surface area contributed by atoms with Crippen molar-refractivity contribution in [2.45, 2.75) is 96.9 Å². The number of aliphatic hydroxyl groups excluding tert-OH is 1. The third kappa shape index (κ3) is 11.7. The van der Waals surface area contributed by atoms with E-state index in [1.807, 2.05) is 0 Å². The van der Waals surface area contributed by atoms with Crippen LogP contribution in [0.3, 0.4) is 0 Å². The van der Waals surface area contributed by atoms with E-state index in [0.29, 0.717) is 18.5 Å². The molecule has 42 heavy (non-hydrogen) atoms. The summed E-state index contributed by atoms with van der Waals surface area (Å²) in [5.74, 6) is 1.30. The number of hydrogen-bond donors (Lipinski definition) is 2. The van der Waals surface area contributed by atoms with Gasteiger partial charge in [-0.15, -0.1) is 12.3 Å². The Kier molecular flexibility index (Phi) is 15.0. The molecular weight excluding hydrogens is 569 g/mol. The summed E-state index contributed by atoms with van der Waals surface area (Å²) in [4.78, 5) is 36.1. The molecule has 0 saturated carbocycles. The summed E-state index contributed by atoms with van der Waals surface area (Å²) < 4.78 is 46.4. The minimum atomic E-state index is -3.48. The van der Waals surface area contributed by atoms with E-state index in [2.05, 4.69) is 11.2 Å². The number of anilines is 1. The molecule has 1 amide bonds. The van der Waals surface area contributed by atoms with E-state index < -0.39 is 50.2 Å². The van der Waals surface area contributed by atoms with Crippen molar-refractivity contribution in [3.05, 3.63) is 24.3 Å². The van der Waals surface area contributed by atoms with Gasteiger partial charge in [-0.1, -0.05) is 6.42 Å². The number of ether oxygens (including phenoxy) is 4. The fourth-order valence-corrected chi connectivity index (χ4v) is 6.07.